The van der Waals surface area contributed by atoms with E-state index in [0.29, 0.717) is 11.1 Å². The zero-order valence-corrected chi connectivity index (χ0v) is 11.8. The molecule has 21 heavy (non-hydrogen) atoms. The normalized spacial score (nSPS) is 11.3. The first kappa shape index (κ1) is 15.7. The second-order valence-electron chi connectivity index (χ2n) is 4.02. The molecule has 0 bridgehead atoms. The summed E-state index contributed by atoms with van der Waals surface area (Å²) >= 11 is 11.4. The molecule has 2 aromatic carbocycles. The van der Waals surface area contributed by atoms with Gasteiger partial charge in [0.05, 0.1) is 10.6 Å². The Morgan fingerprint density at radius 2 is 1.76 bits per heavy atom. The fourth-order valence-corrected chi connectivity index (χ4v) is 2.29. The van der Waals surface area contributed by atoms with Gasteiger partial charge in [-0.1, -0.05) is 35.9 Å². The van der Waals surface area contributed by atoms with Gasteiger partial charge in [0.1, 0.15) is 5.75 Å². The molecule has 0 atom stereocenters. The van der Waals surface area contributed by atoms with Crippen LogP contribution in [0.1, 0.15) is 10.4 Å². The van der Waals surface area contributed by atoms with Crippen LogP contribution in [-0.2, 0) is 0 Å². The lowest BCUT2D eigenvalue weighted by Crippen LogP contribution is -2.17. The summed E-state index contributed by atoms with van der Waals surface area (Å²) in [6.07, 6.45) is -4.78. The van der Waals surface area contributed by atoms with Crippen LogP contribution in [0.25, 0.3) is 11.1 Å². The van der Waals surface area contributed by atoms with Crippen LogP contribution in [0, 0.1) is 0 Å². The Hall–Kier alpha value is -1.72. The van der Waals surface area contributed by atoms with Gasteiger partial charge in [0, 0.05) is 5.56 Å². The van der Waals surface area contributed by atoms with Gasteiger partial charge in [-0.05, 0) is 35.4 Å². The summed E-state index contributed by atoms with van der Waals surface area (Å²) in [7, 11) is 0. The van der Waals surface area contributed by atoms with Crippen LogP contribution in [-0.4, -0.2) is 11.6 Å². The summed E-state index contributed by atoms with van der Waals surface area (Å²) < 4.78 is 40.5. The number of alkyl halides is 3. The average Bonchev–Trinajstić information content (AvgIpc) is 2.36. The van der Waals surface area contributed by atoms with Crippen LogP contribution >= 0.6 is 23.2 Å². The highest BCUT2D eigenvalue weighted by Crippen LogP contribution is 2.34. The lowest BCUT2D eigenvalue weighted by Gasteiger charge is -2.11. The number of ether oxygens (including phenoxy) is 1. The Morgan fingerprint density at radius 1 is 1.10 bits per heavy atom. The smallest absolute Gasteiger partial charge is 0.406 e. The zero-order chi connectivity index (χ0) is 15.6. The van der Waals surface area contributed by atoms with Gasteiger partial charge in [0.15, 0.2) is 0 Å². The number of carbonyl (C=O) groups is 1. The SMILES string of the molecule is O=C(Cl)c1cccc(-c2cccc(OC(F)(F)F)c2)c1Cl. The summed E-state index contributed by atoms with van der Waals surface area (Å²) in [5.41, 5.74) is 0.843. The minimum Gasteiger partial charge on any atom is -0.406 e. The fraction of sp³-hybridized carbons (Fsp3) is 0.0714. The Balaban J connectivity index is 2.46. The van der Waals surface area contributed by atoms with Gasteiger partial charge >= 0.3 is 6.36 Å². The first-order valence-corrected chi connectivity index (χ1v) is 6.38. The Labute approximate surface area is 128 Å². The summed E-state index contributed by atoms with van der Waals surface area (Å²) in [4.78, 5) is 11.2. The summed E-state index contributed by atoms with van der Waals surface area (Å²) in [5, 5.41) is -0.675. The first-order valence-electron chi connectivity index (χ1n) is 5.62. The third-order valence-electron chi connectivity index (χ3n) is 2.59. The predicted octanol–water partition coefficient (Wildman–Crippen LogP) is 5.28. The van der Waals surface area contributed by atoms with Gasteiger partial charge in [0.25, 0.3) is 5.24 Å². The molecular weight excluding hydrogens is 328 g/mol. The van der Waals surface area contributed by atoms with Crippen molar-refractivity contribution in [3.63, 3.8) is 0 Å². The molecule has 0 N–H and O–H groups in total. The van der Waals surface area contributed by atoms with Gasteiger partial charge in [-0.15, -0.1) is 13.2 Å². The van der Waals surface area contributed by atoms with E-state index in [-0.39, 0.29) is 16.3 Å². The molecule has 0 unspecified atom stereocenters. The molecule has 0 aliphatic rings. The molecule has 0 heterocycles. The molecule has 7 heteroatoms. The highest BCUT2D eigenvalue weighted by Gasteiger charge is 2.31. The van der Waals surface area contributed by atoms with Crippen molar-refractivity contribution in [2.45, 2.75) is 6.36 Å². The van der Waals surface area contributed by atoms with E-state index < -0.39 is 11.6 Å². The second kappa shape index (κ2) is 5.95. The molecule has 0 radical (unpaired) electrons. The van der Waals surface area contributed by atoms with Crippen molar-refractivity contribution >= 4 is 28.4 Å². The molecule has 0 aromatic heterocycles. The third kappa shape index (κ3) is 3.89. The lowest BCUT2D eigenvalue weighted by atomic mass is 10.0. The molecule has 0 saturated carbocycles. The maximum absolute atomic E-state index is 12.2. The number of hydrogen-bond acceptors (Lipinski definition) is 2. The molecule has 0 aliphatic heterocycles. The summed E-state index contributed by atoms with van der Waals surface area (Å²) in [6.45, 7) is 0. The van der Waals surface area contributed by atoms with Gasteiger partial charge in [-0.25, -0.2) is 0 Å². The van der Waals surface area contributed by atoms with Gasteiger partial charge in [-0.2, -0.15) is 0 Å². The quantitative estimate of drug-likeness (QED) is 0.713. The Kier molecular flexibility index (Phi) is 4.44. The molecule has 2 aromatic rings. The van der Waals surface area contributed by atoms with Crippen molar-refractivity contribution in [1.82, 2.24) is 0 Å². The van der Waals surface area contributed by atoms with Crippen molar-refractivity contribution in [1.29, 1.82) is 0 Å². The van der Waals surface area contributed by atoms with E-state index in [0.717, 1.165) is 0 Å². The monoisotopic (exact) mass is 334 g/mol. The largest absolute Gasteiger partial charge is 0.573 e. The predicted molar refractivity (Wildman–Crippen MR) is 73.8 cm³/mol. The molecular formula is C14H7Cl2F3O2. The Morgan fingerprint density at radius 3 is 2.38 bits per heavy atom. The van der Waals surface area contributed by atoms with E-state index in [4.69, 9.17) is 23.2 Å². The van der Waals surface area contributed by atoms with E-state index in [1.54, 1.807) is 12.1 Å². The van der Waals surface area contributed by atoms with Crippen molar-refractivity contribution in [2.75, 3.05) is 0 Å². The zero-order valence-electron chi connectivity index (χ0n) is 10.2. The first-order chi connectivity index (χ1) is 9.78. The van der Waals surface area contributed by atoms with Gasteiger partial charge in [-0.3, -0.25) is 4.79 Å². The van der Waals surface area contributed by atoms with E-state index in [9.17, 15) is 18.0 Å². The minimum absolute atomic E-state index is 0.0710. The summed E-state index contributed by atoms with van der Waals surface area (Å²) in [5.74, 6) is -0.376. The van der Waals surface area contributed by atoms with Crippen LogP contribution in [0.3, 0.4) is 0 Å². The molecule has 0 saturated heterocycles. The number of benzene rings is 2. The van der Waals surface area contributed by atoms with Crippen molar-refractivity contribution in [2.24, 2.45) is 0 Å². The van der Waals surface area contributed by atoms with Crippen molar-refractivity contribution in [3.05, 3.63) is 53.1 Å². The van der Waals surface area contributed by atoms with E-state index in [2.05, 4.69) is 4.74 Å². The number of carbonyl (C=O) groups excluding carboxylic acids is 1. The molecule has 2 rings (SSSR count). The molecule has 0 fully saturated rings. The standard InChI is InChI=1S/C14H7Cl2F3O2/c15-12-10(5-2-6-11(12)13(16)20)8-3-1-4-9(7-8)21-14(17,18)19/h1-7H. The topological polar surface area (TPSA) is 26.3 Å². The second-order valence-corrected chi connectivity index (χ2v) is 4.74. The molecule has 110 valence electrons. The molecule has 0 spiro atoms. The number of hydrogen-bond donors (Lipinski definition) is 0. The Bertz CT molecular complexity index is 684. The molecule has 0 aliphatic carbocycles. The van der Waals surface area contributed by atoms with E-state index in [1.165, 1.54) is 30.3 Å². The number of halogens is 5. The highest BCUT2D eigenvalue weighted by molar-refractivity contribution is 6.69. The van der Waals surface area contributed by atoms with Crippen molar-refractivity contribution in [3.8, 4) is 16.9 Å². The molecule has 0 amide bonds. The third-order valence-corrected chi connectivity index (χ3v) is 3.20. The maximum Gasteiger partial charge on any atom is 0.573 e. The van der Waals surface area contributed by atoms with Crippen LogP contribution in [0.15, 0.2) is 42.5 Å². The van der Waals surface area contributed by atoms with Crippen LogP contribution in [0.5, 0.6) is 5.75 Å². The lowest BCUT2D eigenvalue weighted by molar-refractivity contribution is -0.274. The number of rotatable bonds is 3. The van der Waals surface area contributed by atoms with E-state index in [1.807, 2.05) is 0 Å². The van der Waals surface area contributed by atoms with E-state index >= 15 is 0 Å². The van der Waals surface area contributed by atoms with Crippen LogP contribution < -0.4 is 4.74 Å². The minimum atomic E-state index is -4.78. The molecule has 2 nitrogen and oxygen atoms in total. The fourth-order valence-electron chi connectivity index (χ4n) is 1.77. The summed E-state index contributed by atoms with van der Waals surface area (Å²) in [6, 6.07) is 9.82. The van der Waals surface area contributed by atoms with Crippen LogP contribution in [0.4, 0.5) is 13.2 Å². The average molecular weight is 335 g/mol. The van der Waals surface area contributed by atoms with Crippen LogP contribution in [0.2, 0.25) is 5.02 Å². The maximum atomic E-state index is 12.2. The highest BCUT2D eigenvalue weighted by atomic mass is 35.5. The van der Waals surface area contributed by atoms with Gasteiger partial charge < -0.3 is 4.74 Å². The van der Waals surface area contributed by atoms with Gasteiger partial charge in [0.2, 0.25) is 0 Å². The van der Waals surface area contributed by atoms with Crippen molar-refractivity contribution < 1.29 is 22.7 Å².